The molecule has 1 saturated carbocycles. The summed E-state index contributed by atoms with van der Waals surface area (Å²) >= 11 is 6.00. The van der Waals surface area contributed by atoms with E-state index >= 15 is 0 Å². The summed E-state index contributed by atoms with van der Waals surface area (Å²) in [5.74, 6) is 0.648. The van der Waals surface area contributed by atoms with Crippen molar-refractivity contribution in [2.75, 3.05) is 18.1 Å². The average molecular weight is 491 g/mol. The van der Waals surface area contributed by atoms with Gasteiger partial charge in [0.05, 0.1) is 4.90 Å². The number of hydrogen-bond acceptors (Lipinski definition) is 5. The maximum absolute atomic E-state index is 13.9. The molecule has 1 amide bonds. The summed E-state index contributed by atoms with van der Waals surface area (Å²) < 4.78 is 32.2. The third-order valence-corrected chi connectivity index (χ3v) is 9.33. The largest absolute Gasteiger partial charge is 0.381 e. The van der Waals surface area contributed by atoms with Gasteiger partial charge in [-0.25, -0.2) is 13.4 Å². The maximum Gasteiger partial charge on any atom is 0.233 e. The Morgan fingerprint density at radius 3 is 2.27 bits per heavy atom. The smallest absolute Gasteiger partial charge is 0.233 e. The number of ether oxygens (including phenoxy) is 1. The lowest BCUT2D eigenvalue weighted by Crippen LogP contribution is -2.43. The van der Waals surface area contributed by atoms with E-state index in [2.05, 4.69) is 0 Å². The minimum absolute atomic E-state index is 0.0305. The number of anilines is 1. The van der Waals surface area contributed by atoms with Crippen LogP contribution in [0, 0.1) is 12.3 Å². The Bertz CT molecular complexity index is 1150. The molecule has 0 radical (unpaired) electrons. The second-order valence-corrected chi connectivity index (χ2v) is 12.8. The Balaban J connectivity index is 1.79. The second kappa shape index (κ2) is 8.67. The molecule has 0 unspecified atom stereocenters. The van der Waals surface area contributed by atoms with Gasteiger partial charge in [-0.05, 0) is 74.1 Å². The van der Waals surface area contributed by atoms with Crippen LogP contribution in [0.3, 0.4) is 0 Å². The second-order valence-electron chi connectivity index (χ2n) is 10.1. The molecule has 1 aromatic heterocycles. The number of nitrogens with zero attached hydrogens (tertiary/aromatic N) is 2. The third-order valence-electron chi connectivity index (χ3n) is 6.52. The zero-order chi connectivity index (χ0) is 24.0. The summed E-state index contributed by atoms with van der Waals surface area (Å²) in [6.07, 6.45) is 4.23. The van der Waals surface area contributed by atoms with Crippen LogP contribution in [0.15, 0.2) is 41.4 Å². The zero-order valence-electron chi connectivity index (χ0n) is 19.6. The third kappa shape index (κ3) is 4.43. The molecule has 0 atom stereocenters. The number of hydrogen-bond donors (Lipinski definition) is 0. The maximum atomic E-state index is 13.9. The topological polar surface area (TPSA) is 76.6 Å². The zero-order valence-corrected chi connectivity index (χ0v) is 21.2. The lowest BCUT2D eigenvalue weighted by atomic mass is 9.90. The molecule has 33 heavy (non-hydrogen) atoms. The van der Waals surface area contributed by atoms with E-state index in [1.165, 1.54) is 0 Å². The number of aromatic nitrogens is 1. The molecular formula is C25H31ClN2O4S. The van der Waals surface area contributed by atoms with E-state index < -0.39 is 20.0 Å². The number of pyridine rings is 1. The molecular weight excluding hydrogens is 460 g/mol. The summed E-state index contributed by atoms with van der Waals surface area (Å²) in [7, 11) is -3.75. The van der Waals surface area contributed by atoms with E-state index in [0.29, 0.717) is 42.5 Å². The Labute approximate surface area is 201 Å². The van der Waals surface area contributed by atoms with Gasteiger partial charge in [-0.2, -0.15) is 0 Å². The number of benzene rings is 1. The fourth-order valence-corrected chi connectivity index (χ4v) is 6.65. The summed E-state index contributed by atoms with van der Waals surface area (Å²) in [5.41, 5.74) is 0.907. The van der Waals surface area contributed by atoms with Crippen LogP contribution in [0.2, 0.25) is 5.02 Å². The normalized spacial score (nSPS) is 18.7. The number of carbonyl (C=O) groups excluding carboxylic acids is 1. The van der Waals surface area contributed by atoms with Crippen LogP contribution in [-0.2, 0) is 24.1 Å². The number of amides is 1. The summed E-state index contributed by atoms with van der Waals surface area (Å²) in [4.78, 5) is 19.9. The van der Waals surface area contributed by atoms with Gasteiger partial charge in [-0.15, -0.1) is 0 Å². The highest BCUT2D eigenvalue weighted by molar-refractivity contribution is 7.92. The molecule has 1 aliphatic heterocycles. The van der Waals surface area contributed by atoms with Gasteiger partial charge in [-0.1, -0.05) is 32.4 Å². The van der Waals surface area contributed by atoms with Gasteiger partial charge in [0.1, 0.15) is 10.6 Å². The van der Waals surface area contributed by atoms with Crippen LogP contribution in [0.1, 0.15) is 57.6 Å². The highest BCUT2D eigenvalue weighted by Crippen LogP contribution is 2.45. The van der Waals surface area contributed by atoms with Crippen molar-refractivity contribution in [2.24, 2.45) is 5.41 Å². The number of sulfone groups is 1. The molecule has 0 bridgehead atoms. The van der Waals surface area contributed by atoms with Crippen LogP contribution < -0.4 is 4.90 Å². The summed E-state index contributed by atoms with van der Waals surface area (Å²) in [6.45, 7) is 8.33. The van der Waals surface area contributed by atoms with Crippen LogP contribution in [-0.4, -0.2) is 38.6 Å². The van der Waals surface area contributed by atoms with Gasteiger partial charge in [-0.3, -0.25) is 9.69 Å². The van der Waals surface area contributed by atoms with Crippen LogP contribution in [0.25, 0.3) is 0 Å². The minimum Gasteiger partial charge on any atom is -0.381 e. The molecule has 178 valence electrons. The van der Waals surface area contributed by atoms with Gasteiger partial charge in [0.25, 0.3) is 0 Å². The van der Waals surface area contributed by atoms with Crippen molar-refractivity contribution in [1.82, 2.24) is 4.98 Å². The Morgan fingerprint density at radius 1 is 1.15 bits per heavy atom. The van der Waals surface area contributed by atoms with Crippen molar-refractivity contribution >= 4 is 33.2 Å². The SMILES string of the molecule is Cc1cc(C2(S(=O)(=O)c3ccc(Cl)cc3)CCOCC2)cnc1N(C(=O)C(C)(C)C)C1CC1. The van der Waals surface area contributed by atoms with Crippen molar-refractivity contribution in [2.45, 2.75) is 69.1 Å². The Kier molecular flexibility index (Phi) is 6.35. The fourth-order valence-electron chi connectivity index (χ4n) is 4.45. The quantitative estimate of drug-likeness (QED) is 0.585. The molecule has 0 spiro atoms. The van der Waals surface area contributed by atoms with E-state index in [1.807, 2.05) is 38.7 Å². The van der Waals surface area contributed by atoms with Crippen LogP contribution >= 0.6 is 11.6 Å². The summed E-state index contributed by atoms with van der Waals surface area (Å²) in [5, 5.41) is 0.487. The molecule has 1 aliphatic carbocycles. The first kappa shape index (κ1) is 24.2. The van der Waals surface area contributed by atoms with E-state index in [4.69, 9.17) is 21.3 Å². The first-order chi connectivity index (χ1) is 15.5. The summed E-state index contributed by atoms with van der Waals surface area (Å²) in [6, 6.07) is 8.36. The van der Waals surface area contributed by atoms with Crippen molar-refractivity contribution in [3.63, 3.8) is 0 Å². The number of aryl methyl sites for hydroxylation is 1. The number of rotatable bonds is 5. The predicted molar refractivity (Wildman–Crippen MR) is 129 cm³/mol. The highest BCUT2D eigenvalue weighted by Gasteiger charge is 2.48. The molecule has 2 aromatic rings. The van der Waals surface area contributed by atoms with Gasteiger partial charge in [0.2, 0.25) is 5.91 Å². The van der Waals surface area contributed by atoms with Crippen molar-refractivity contribution < 1.29 is 17.9 Å². The standard InChI is InChI=1S/C25H31ClN2O4S/c1-17-15-18(16-27-22(17)28(20-7-8-20)23(29)24(2,3)4)25(11-13-32-14-12-25)33(30,31)21-9-5-19(26)6-10-21/h5-6,9-10,15-16,20H,7-8,11-14H2,1-4H3. The number of carbonyl (C=O) groups is 1. The highest BCUT2D eigenvalue weighted by atomic mass is 35.5. The van der Waals surface area contributed by atoms with E-state index in [9.17, 15) is 13.2 Å². The number of halogens is 1. The van der Waals surface area contributed by atoms with Gasteiger partial charge in [0, 0.05) is 35.9 Å². The fraction of sp³-hybridized carbons (Fsp3) is 0.520. The molecule has 2 aliphatic rings. The van der Waals surface area contributed by atoms with Gasteiger partial charge >= 0.3 is 0 Å². The van der Waals surface area contributed by atoms with Crippen LogP contribution in [0.5, 0.6) is 0 Å². The first-order valence-electron chi connectivity index (χ1n) is 11.4. The lowest BCUT2D eigenvalue weighted by molar-refractivity contribution is -0.125. The lowest BCUT2D eigenvalue weighted by Gasteiger charge is -2.37. The molecule has 1 saturated heterocycles. The Morgan fingerprint density at radius 2 is 1.76 bits per heavy atom. The molecule has 0 N–H and O–H groups in total. The minimum atomic E-state index is -3.75. The predicted octanol–water partition coefficient (Wildman–Crippen LogP) is 5.06. The molecule has 2 fully saturated rings. The van der Waals surface area contributed by atoms with Crippen molar-refractivity contribution in [3.8, 4) is 0 Å². The molecule has 2 heterocycles. The van der Waals surface area contributed by atoms with Crippen molar-refractivity contribution in [1.29, 1.82) is 0 Å². The molecule has 8 heteroatoms. The molecule has 4 rings (SSSR count). The van der Waals surface area contributed by atoms with Crippen LogP contribution in [0.4, 0.5) is 5.82 Å². The van der Waals surface area contributed by atoms with E-state index in [1.54, 1.807) is 30.5 Å². The monoisotopic (exact) mass is 490 g/mol. The van der Waals surface area contributed by atoms with E-state index in [-0.39, 0.29) is 16.8 Å². The van der Waals surface area contributed by atoms with Gasteiger partial charge in [0.15, 0.2) is 9.84 Å². The van der Waals surface area contributed by atoms with Gasteiger partial charge < -0.3 is 4.74 Å². The first-order valence-corrected chi connectivity index (χ1v) is 13.2. The molecule has 6 nitrogen and oxygen atoms in total. The Hall–Kier alpha value is -1.96. The van der Waals surface area contributed by atoms with E-state index in [0.717, 1.165) is 18.4 Å². The van der Waals surface area contributed by atoms with Crippen molar-refractivity contribution in [3.05, 3.63) is 52.7 Å². The average Bonchev–Trinajstić information content (AvgIpc) is 3.60. The molecule has 1 aromatic carbocycles.